The minimum absolute atomic E-state index is 0.204. The van der Waals surface area contributed by atoms with Gasteiger partial charge in [-0.05, 0) is 18.2 Å². The van der Waals surface area contributed by atoms with Crippen molar-refractivity contribution in [1.29, 1.82) is 0 Å². The summed E-state index contributed by atoms with van der Waals surface area (Å²) >= 11 is 24.4. The molecule has 7 heteroatoms. The van der Waals surface area contributed by atoms with E-state index in [4.69, 9.17) is 46.4 Å². The van der Waals surface area contributed by atoms with Crippen molar-refractivity contribution in [2.75, 3.05) is 0 Å². The quantitative estimate of drug-likeness (QED) is 0.603. The predicted octanol–water partition coefficient (Wildman–Crippen LogP) is 5.12. The molecule has 0 spiro atoms. The van der Waals surface area contributed by atoms with Crippen LogP contribution in [0.15, 0.2) is 30.5 Å². The Labute approximate surface area is 135 Å². The first-order chi connectivity index (χ1) is 9.61. The van der Waals surface area contributed by atoms with Gasteiger partial charge in [0.25, 0.3) is 0 Å². The van der Waals surface area contributed by atoms with Gasteiger partial charge in [-0.3, -0.25) is 4.57 Å². The SMILES string of the molecule is ClCc1nc2cc(Cl)cnc2n1-c1c(Cl)cccc1Cl. The van der Waals surface area contributed by atoms with Crippen molar-refractivity contribution in [3.8, 4) is 5.69 Å². The largest absolute Gasteiger partial charge is 0.277 e. The molecule has 0 aliphatic rings. The smallest absolute Gasteiger partial charge is 0.164 e. The first-order valence-electron chi connectivity index (χ1n) is 5.65. The van der Waals surface area contributed by atoms with Crippen LogP contribution in [0, 0.1) is 0 Å². The zero-order valence-electron chi connectivity index (χ0n) is 9.95. The zero-order valence-corrected chi connectivity index (χ0v) is 13.0. The molecule has 2 aromatic heterocycles. The summed E-state index contributed by atoms with van der Waals surface area (Å²) in [6.07, 6.45) is 1.55. The Kier molecular flexibility index (Phi) is 3.78. The van der Waals surface area contributed by atoms with E-state index in [0.717, 1.165) is 0 Å². The van der Waals surface area contributed by atoms with Gasteiger partial charge in [0.1, 0.15) is 11.3 Å². The summed E-state index contributed by atoms with van der Waals surface area (Å²) in [5.41, 5.74) is 1.87. The molecule has 0 saturated heterocycles. The van der Waals surface area contributed by atoms with Gasteiger partial charge in [0.2, 0.25) is 0 Å². The summed E-state index contributed by atoms with van der Waals surface area (Å²) in [5.74, 6) is 0.807. The maximum absolute atomic E-state index is 6.25. The molecule has 0 bridgehead atoms. The molecule has 0 aliphatic carbocycles. The molecule has 0 atom stereocenters. The lowest BCUT2D eigenvalue weighted by molar-refractivity contribution is 0.970. The Morgan fingerprint density at radius 1 is 1.10 bits per heavy atom. The molecular formula is C13H7Cl4N3. The average molecular weight is 347 g/mol. The number of halogens is 4. The fraction of sp³-hybridized carbons (Fsp3) is 0.0769. The zero-order chi connectivity index (χ0) is 14.3. The summed E-state index contributed by atoms with van der Waals surface area (Å²) in [7, 11) is 0. The second-order valence-corrected chi connectivity index (χ2v) is 5.58. The van der Waals surface area contributed by atoms with Crippen LogP contribution in [0.2, 0.25) is 15.1 Å². The molecule has 3 nitrogen and oxygen atoms in total. The van der Waals surface area contributed by atoms with E-state index in [1.807, 2.05) is 0 Å². The average Bonchev–Trinajstić information content (AvgIpc) is 2.76. The Balaban J connectivity index is 2.40. The van der Waals surface area contributed by atoms with Gasteiger partial charge in [0.15, 0.2) is 5.65 Å². The van der Waals surface area contributed by atoms with Crippen molar-refractivity contribution in [3.05, 3.63) is 51.4 Å². The molecule has 1 aromatic carbocycles. The number of hydrogen-bond acceptors (Lipinski definition) is 2. The normalized spacial score (nSPS) is 11.2. The van der Waals surface area contributed by atoms with Gasteiger partial charge in [0.05, 0.1) is 26.6 Å². The third kappa shape index (κ3) is 2.25. The molecule has 0 saturated carbocycles. The lowest BCUT2D eigenvalue weighted by atomic mass is 10.3. The molecule has 2 heterocycles. The highest BCUT2D eigenvalue weighted by Gasteiger charge is 2.17. The van der Waals surface area contributed by atoms with Crippen LogP contribution in [-0.4, -0.2) is 14.5 Å². The molecule has 3 rings (SSSR count). The number of fused-ring (bicyclic) bond motifs is 1. The van der Waals surface area contributed by atoms with Gasteiger partial charge < -0.3 is 0 Å². The molecule has 0 fully saturated rings. The highest BCUT2D eigenvalue weighted by Crippen LogP contribution is 2.32. The minimum atomic E-state index is 0.204. The van der Waals surface area contributed by atoms with E-state index < -0.39 is 0 Å². The van der Waals surface area contributed by atoms with Crippen LogP contribution in [0.5, 0.6) is 0 Å². The molecule has 0 radical (unpaired) electrons. The molecule has 0 aliphatic heterocycles. The fourth-order valence-corrected chi connectivity index (χ4v) is 2.91. The van der Waals surface area contributed by atoms with Gasteiger partial charge in [-0.25, -0.2) is 9.97 Å². The molecule has 20 heavy (non-hydrogen) atoms. The van der Waals surface area contributed by atoms with Crippen molar-refractivity contribution < 1.29 is 0 Å². The standard InChI is InChI=1S/C13H7Cl4N3/c14-5-11-19-10-4-7(15)6-18-13(10)20(11)12-8(16)2-1-3-9(12)17/h1-4,6H,5H2. The number of imidazole rings is 1. The highest BCUT2D eigenvalue weighted by atomic mass is 35.5. The van der Waals surface area contributed by atoms with Gasteiger partial charge in [0, 0.05) is 6.20 Å². The first kappa shape index (κ1) is 14.0. The van der Waals surface area contributed by atoms with Crippen LogP contribution < -0.4 is 0 Å². The Bertz CT molecular complexity index is 777. The van der Waals surface area contributed by atoms with Crippen LogP contribution >= 0.6 is 46.4 Å². The van der Waals surface area contributed by atoms with E-state index in [-0.39, 0.29) is 5.88 Å². The van der Waals surface area contributed by atoms with Crippen LogP contribution in [0.3, 0.4) is 0 Å². The second-order valence-electron chi connectivity index (χ2n) is 4.06. The van der Waals surface area contributed by atoms with Crippen LogP contribution in [0.25, 0.3) is 16.9 Å². The Morgan fingerprint density at radius 3 is 2.45 bits per heavy atom. The van der Waals surface area contributed by atoms with Gasteiger partial charge in [-0.1, -0.05) is 40.9 Å². The van der Waals surface area contributed by atoms with E-state index in [1.54, 1.807) is 35.0 Å². The predicted molar refractivity (Wildman–Crippen MR) is 83.5 cm³/mol. The molecule has 0 unspecified atom stereocenters. The van der Waals surface area contributed by atoms with Gasteiger partial charge in [-0.2, -0.15) is 0 Å². The number of rotatable bonds is 2. The van der Waals surface area contributed by atoms with Crippen molar-refractivity contribution in [1.82, 2.24) is 14.5 Å². The summed E-state index contributed by atoms with van der Waals surface area (Å²) in [4.78, 5) is 8.72. The lowest BCUT2D eigenvalue weighted by Crippen LogP contribution is -2.02. The maximum Gasteiger partial charge on any atom is 0.164 e. The second kappa shape index (κ2) is 5.41. The Hall–Kier alpha value is -1.00. The van der Waals surface area contributed by atoms with Crippen molar-refractivity contribution in [2.45, 2.75) is 5.88 Å². The topological polar surface area (TPSA) is 30.7 Å². The summed E-state index contributed by atoms with van der Waals surface area (Å²) in [6, 6.07) is 7.00. The number of hydrogen-bond donors (Lipinski definition) is 0. The minimum Gasteiger partial charge on any atom is -0.277 e. The van der Waals surface area contributed by atoms with Crippen molar-refractivity contribution in [2.24, 2.45) is 0 Å². The van der Waals surface area contributed by atoms with Gasteiger partial charge in [-0.15, -0.1) is 11.6 Å². The van der Waals surface area contributed by atoms with Crippen molar-refractivity contribution in [3.63, 3.8) is 0 Å². The van der Waals surface area contributed by atoms with E-state index in [9.17, 15) is 0 Å². The maximum atomic E-state index is 6.25. The van der Waals surface area contributed by atoms with Crippen LogP contribution in [0.1, 0.15) is 5.82 Å². The molecule has 102 valence electrons. The highest BCUT2D eigenvalue weighted by molar-refractivity contribution is 6.38. The Morgan fingerprint density at radius 2 is 1.80 bits per heavy atom. The van der Waals surface area contributed by atoms with Crippen LogP contribution in [0.4, 0.5) is 0 Å². The first-order valence-corrected chi connectivity index (χ1v) is 7.32. The number of para-hydroxylation sites is 1. The van der Waals surface area contributed by atoms with Crippen molar-refractivity contribution >= 4 is 57.6 Å². The van der Waals surface area contributed by atoms with Gasteiger partial charge >= 0.3 is 0 Å². The molecule has 0 N–H and O–H groups in total. The number of alkyl halides is 1. The summed E-state index contributed by atoms with van der Waals surface area (Å²) < 4.78 is 1.75. The third-order valence-corrected chi connectivity index (χ3v) is 3.87. The summed E-state index contributed by atoms with van der Waals surface area (Å²) in [6.45, 7) is 0. The monoisotopic (exact) mass is 345 g/mol. The van der Waals surface area contributed by atoms with E-state index in [1.165, 1.54) is 0 Å². The van der Waals surface area contributed by atoms with E-state index in [2.05, 4.69) is 9.97 Å². The number of aromatic nitrogens is 3. The number of pyridine rings is 1. The number of benzene rings is 1. The third-order valence-electron chi connectivity index (χ3n) is 2.81. The van der Waals surface area contributed by atoms with E-state index >= 15 is 0 Å². The number of nitrogens with zero attached hydrogens (tertiary/aromatic N) is 3. The lowest BCUT2D eigenvalue weighted by Gasteiger charge is -2.11. The van der Waals surface area contributed by atoms with Crippen LogP contribution in [-0.2, 0) is 5.88 Å². The molecular weight excluding hydrogens is 340 g/mol. The van der Waals surface area contributed by atoms with E-state index in [0.29, 0.717) is 37.7 Å². The molecule has 0 amide bonds. The summed E-state index contributed by atoms with van der Waals surface area (Å²) in [5, 5.41) is 1.51. The molecule has 3 aromatic rings. The fourth-order valence-electron chi connectivity index (χ4n) is 2.01.